The van der Waals surface area contributed by atoms with Crippen LogP contribution in [0.2, 0.25) is 0 Å². The van der Waals surface area contributed by atoms with Crippen LogP contribution < -0.4 is 5.32 Å². The summed E-state index contributed by atoms with van der Waals surface area (Å²) in [5.41, 5.74) is 1.33. The quantitative estimate of drug-likeness (QED) is 0.605. The number of hydrogen-bond donors (Lipinski definition) is 2. The summed E-state index contributed by atoms with van der Waals surface area (Å²) < 4.78 is 4.55. The molecule has 7 heteroatoms. The fraction of sp³-hybridized carbons (Fsp3) is 0.368. The predicted molar refractivity (Wildman–Crippen MR) is 98.7 cm³/mol. The van der Waals surface area contributed by atoms with Crippen molar-refractivity contribution in [3.63, 3.8) is 0 Å². The first kappa shape index (κ1) is 21.1. The number of rotatable bonds is 6. The van der Waals surface area contributed by atoms with Crippen LogP contribution in [-0.4, -0.2) is 34.5 Å². The van der Waals surface area contributed by atoms with Crippen molar-refractivity contribution < 1.29 is 24.2 Å². The van der Waals surface area contributed by atoms with Crippen molar-refractivity contribution in [2.24, 2.45) is 5.92 Å². The third-order valence-electron chi connectivity index (χ3n) is 3.47. The van der Waals surface area contributed by atoms with E-state index in [2.05, 4.69) is 15.0 Å². The Labute approximate surface area is 152 Å². The molecule has 0 fully saturated rings. The molecule has 140 valence electrons. The predicted octanol–water partition coefficient (Wildman–Crippen LogP) is 3.24. The van der Waals surface area contributed by atoms with Crippen LogP contribution in [0.1, 0.15) is 33.6 Å². The third kappa shape index (κ3) is 6.51. The van der Waals surface area contributed by atoms with Gasteiger partial charge in [-0.1, -0.05) is 32.0 Å². The van der Waals surface area contributed by atoms with Crippen LogP contribution in [0.4, 0.5) is 5.69 Å². The number of carboxylic acids is 1. The number of aromatic nitrogens is 1. The highest BCUT2D eigenvalue weighted by Crippen LogP contribution is 2.17. The van der Waals surface area contributed by atoms with E-state index >= 15 is 0 Å². The molecule has 0 aliphatic rings. The topological polar surface area (TPSA) is 106 Å². The monoisotopic (exact) mass is 360 g/mol. The van der Waals surface area contributed by atoms with Crippen molar-refractivity contribution in [1.29, 1.82) is 0 Å². The summed E-state index contributed by atoms with van der Waals surface area (Å²) in [6.07, 6.45) is 2.25. The van der Waals surface area contributed by atoms with Crippen molar-refractivity contribution in [3.8, 4) is 0 Å². The molecule has 0 aliphatic heterocycles. The Balaban J connectivity index is 0.000000412. The fourth-order valence-corrected chi connectivity index (χ4v) is 2.10. The van der Waals surface area contributed by atoms with Gasteiger partial charge in [0.25, 0.3) is 0 Å². The lowest BCUT2D eigenvalue weighted by molar-refractivity contribution is -0.146. The molecule has 2 rings (SSSR count). The summed E-state index contributed by atoms with van der Waals surface area (Å²) in [5.74, 6) is -2.80. The number of nitrogens with one attached hydrogen (secondary N) is 1. The van der Waals surface area contributed by atoms with E-state index in [-0.39, 0.29) is 12.4 Å². The molecule has 0 bridgehead atoms. The van der Waals surface area contributed by atoms with Gasteiger partial charge in [0.1, 0.15) is 5.92 Å². The maximum absolute atomic E-state index is 11.8. The lowest BCUT2D eigenvalue weighted by Gasteiger charge is -2.10. The van der Waals surface area contributed by atoms with E-state index in [4.69, 9.17) is 5.11 Å². The van der Waals surface area contributed by atoms with Crippen LogP contribution in [0.5, 0.6) is 0 Å². The summed E-state index contributed by atoms with van der Waals surface area (Å²) in [7, 11) is 0. The molecule has 7 nitrogen and oxygen atoms in total. The standard InChI is InChI=1S/C14H14N2O3.C5H10O2/c1-2-11(14(18)19)13(17)16-10-7-9-5-3-4-6-12(9)15-8-10;1-3-5(6)7-4-2/h3-8,11H,2H2,1H3,(H,16,17)(H,18,19);3-4H2,1-2H3. The maximum atomic E-state index is 11.8. The van der Waals surface area contributed by atoms with E-state index in [1.54, 1.807) is 26.8 Å². The molecule has 0 radical (unpaired) electrons. The number of hydrogen-bond acceptors (Lipinski definition) is 5. The Morgan fingerprint density at radius 3 is 2.42 bits per heavy atom. The first-order valence-corrected chi connectivity index (χ1v) is 8.46. The Morgan fingerprint density at radius 2 is 1.88 bits per heavy atom. The highest BCUT2D eigenvalue weighted by molar-refractivity contribution is 6.04. The van der Waals surface area contributed by atoms with Crippen LogP contribution in [0, 0.1) is 5.92 Å². The summed E-state index contributed by atoms with van der Waals surface area (Å²) in [6, 6.07) is 9.28. The van der Waals surface area contributed by atoms with Crippen LogP contribution in [0.15, 0.2) is 36.5 Å². The smallest absolute Gasteiger partial charge is 0.316 e. The van der Waals surface area contributed by atoms with Gasteiger partial charge in [-0.25, -0.2) is 0 Å². The second-order valence-corrected chi connectivity index (χ2v) is 5.36. The second kappa shape index (κ2) is 10.8. The van der Waals surface area contributed by atoms with Crippen LogP contribution >= 0.6 is 0 Å². The van der Waals surface area contributed by atoms with Gasteiger partial charge in [-0.05, 0) is 25.5 Å². The molecule has 2 N–H and O–H groups in total. The molecule has 1 aromatic heterocycles. The number of esters is 1. The van der Waals surface area contributed by atoms with Gasteiger partial charge in [0.15, 0.2) is 0 Å². The number of amides is 1. The average Bonchev–Trinajstić information content (AvgIpc) is 2.62. The van der Waals surface area contributed by atoms with Gasteiger partial charge < -0.3 is 15.2 Å². The average molecular weight is 360 g/mol. The molecule has 26 heavy (non-hydrogen) atoms. The van der Waals surface area contributed by atoms with E-state index in [1.165, 1.54) is 6.20 Å². The Morgan fingerprint density at radius 1 is 1.19 bits per heavy atom. The largest absolute Gasteiger partial charge is 0.481 e. The minimum atomic E-state index is -1.12. The number of aliphatic carboxylic acids is 1. The minimum absolute atomic E-state index is 0.123. The highest BCUT2D eigenvalue weighted by Gasteiger charge is 2.24. The zero-order valence-electron chi connectivity index (χ0n) is 15.2. The molecular weight excluding hydrogens is 336 g/mol. The fourth-order valence-electron chi connectivity index (χ4n) is 2.10. The summed E-state index contributed by atoms with van der Waals surface area (Å²) in [6.45, 7) is 5.73. The number of ether oxygens (including phenoxy) is 1. The molecule has 1 amide bonds. The van der Waals surface area contributed by atoms with Crippen molar-refractivity contribution in [2.45, 2.75) is 33.6 Å². The van der Waals surface area contributed by atoms with Gasteiger partial charge in [-0.15, -0.1) is 0 Å². The van der Waals surface area contributed by atoms with Crippen molar-refractivity contribution in [3.05, 3.63) is 36.5 Å². The Kier molecular flexibility index (Phi) is 8.77. The SMILES string of the molecule is CCC(C(=O)O)C(=O)Nc1cnc2ccccc2c1.CCOC(=O)CC. The lowest BCUT2D eigenvalue weighted by Crippen LogP contribution is -2.28. The molecule has 1 atom stereocenters. The number of carbonyl (C=O) groups excluding carboxylic acids is 2. The number of nitrogens with zero attached hydrogens (tertiary/aromatic N) is 1. The third-order valence-corrected chi connectivity index (χ3v) is 3.47. The molecule has 2 aromatic rings. The molecular formula is C19H24N2O5. The van der Waals surface area contributed by atoms with Crippen LogP contribution in [-0.2, 0) is 19.1 Å². The van der Waals surface area contributed by atoms with Gasteiger partial charge in [-0.3, -0.25) is 19.4 Å². The molecule has 0 saturated heterocycles. The second-order valence-electron chi connectivity index (χ2n) is 5.36. The van der Waals surface area contributed by atoms with Gasteiger partial charge in [-0.2, -0.15) is 0 Å². The molecule has 0 aliphatic carbocycles. The van der Waals surface area contributed by atoms with Gasteiger partial charge in [0, 0.05) is 11.8 Å². The van der Waals surface area contributed by atoms with Crippen LogP contribution in [0.25, 0.3) is 10.9 Å². The maximum Gasteiger partial charge on any atom is 0.316 e. The normalized spacial score (nSPS) is 11.0. The van der Waals surface area contributed by atoms with E-state index < -0.39 is 17.8 Å². The van der Waals surface area contributed by atoms with Crippen molar-refractivity contribution in [1.82, 2.24) is 4.98 Å². The van der Waals surface area contributed by atoms with Crippen molar-refractivity contribution in [2.75, 3.05) is 11.9 Å². The lowest BCUT2D eigenvalue weighted by atomic mass is 10.1. The zero-order chi connectivity index (χ0) is 19.5. The number of pyridine rings is 1. The van der Waals surface area contributed by atoms with E-state index in [0.717, 1.165) is 10.9 Å². The highest BCUT2D eigenvalue weighted by atomic mass is 16.5. The molecule has 1 unspecified atom stereocenters. The Hall–Kier alpha value is -2.96. The van der Waals surface area contributed by atoms with E-state index in [1.807, 2.05) is 24.3 Å². The van der Waals surface area contributed by atoms with Crippen molar-refractivity contribution >= 4 is 34.4 Å². The van der Waals surface area contributed by atoms with E-state index in [9.17, 15) is 14.4 Å². The first-order valence-electron chi connectivity index (χ1n) is 8.46. The summed E-state index contributed by atoms with van der Waals surface area (Å²) in [4.78, 5) is 37.1. The molecule has 0 saturated carbocycles. The number of carbonyl (C=O) groups is 3. The number of para-hydroxylation sites is 1. The number of benzene rings is 1. The summed E-state index contributed by atoms with van der Waals surface area (Å²) >= 11 is 0. The first-order chi connectivity index (χ1) is 12.4. The van der Waals surface area contributed by atoms with Crippen LogP contribution in [0.3, 0.4) is 0 Å². The summed E-state index contributed by atoms with van der Waals surface area (Å²) in [5, 5.41) is 12.4. The van der Waals surface area contributed by atoms with Gasteiger partial charge in [0.05, 0.1) is 24.0 Å². The molecule has 0 spiro atoms. The molecule has 1 aromatic carbocycles. The minimum Gasteiger partial charge on any atom is -0.481 e. The number of carboxylic acid groups (broad SMARTS) is 1. The Bertz CT molecular complexity index is 760. The van der Waals surface area contributed by atoms with E-state index in [0.29, 0.717) is 18.7 Å². The number of fused-ring (bicyclic) bond motifs is 1. The zero-order valence-corrected chi connectivity index (χ0v) is 15.2. The van der Waals surface area contributed by atoms with Gasteiger partial charge >= 0.3 is 11.9 Å². The van der Waals surface area contributed by atoms with Gasteiger partial charge in [0.2, 0.25) is 5.91 Å². The molecule has 1 heterocycles. The number of anilines is 1.